The van der Waals surface area contributed by atoms with Crippen molar-refractivity contribution < 1.29 is 4.79 Å². The lowest BCUT2D eigenvalue weighted by Crippen LogP contribution is -2.50. The molecule has 72 valence electrons. The summed E-state index contributed by atoms with van der Waals surface area (Å²) >= 11 is 0. The third kappa shape index (κ3) is 0.810. The molecule has 0 radical (unpaired) electrons. The van der Waals surface area contributed by atoms with E-state index >= 15 is 0 Å². The smallest absolute Gasteiger partial charge is 0.237 e. The van der Waals surface area contributed by atoms with Crippen molar-refractivity contribution in [2.45, 2.75) is 31.2 Å². The zero-order valence-corrected chi connectivity index (χ0v) is 7.70. The first-order chi connectivity index (χ1) is 6.13. The first-order valence-corrected chi connectivity index (χ1v) is 5.21. The molecule has 0 aromatic heterocycles. The van der Waals surface area contributed by atoms with Gasteiger partial charge in [0.15, 0.2) is 0 Å². The van der Waals surface area contributed by atoms with Gasteiger partial charge in [-0.3, -0.25) is 4.79 Å². The van der Waals surface area contributed by atoms with Crippen molar-refractivity contribution in [1.82, 2.24) is 0 Å². The maximum absolute atomic E-state index is 11.0. The number of primary amides is 1. The Morgan fingerprint density at radius 1 is 1.31 bits per heavy atom. The number of carbonyl (C=O) groups excluding carboxylic acids is 1. The van der Waals surface area contributed by atoms with Gasteiger partial charge in [-0.15, -0.1) is 0 Å². The van der Waals surface area contributed by atoms with Gasteiger partial charge in [0, 0.05) is 0 Å². The molecule has 0 spiro atoms. The summed E-state index contributed by atoms with van der Waals surface area (Å²) in [4.78, 5) is 11.0. The van der Waals surface area contributed by atoms with Gasteiger partial charge in [0.25, 0.3) is 0 Å². The molecule has 0 heterocycles. The fourth-order valence-corrected chi connectivity index (χ4v) is 3.36. The Labute approximate surface area is 77.8 Å². The minimum Gasteiger partial charge on any atom is -0.368 e. The fraction of sp³-hybridized carbons (Fsp3) is 0.900. The quantitative estimate of drug-likeness (QED) is 0.639. The van der Waals surface area contributed by atoms with E-state index in [1.165, 1.54) is 19.3 Å². The molecule has 0 saturated heterocycles. The highest BCUT2D eigenvalue weighted by atomic mass is 16.1. The predicted octanol–water partition coefficient (Wildman–Crippen LogP) is 0.235. The summed E-state index contributed by atoms with van der Waals surface area (Å²) in [5, 5.41) is 0. The molecular formula is C10H16N2O. The van der Waals surface area contributed by atoms with E-state index in [1.54, 1.807) is 0 Å². The van der Waals surface area contributed by atoms with Gasteiger partial charge < -0.3 is 11.5 Å². The number of hydrogen-bond acceptors (Lipinski definition) is 2. The van der Waals surface area contributed by atoms with E-state index in [1.807, 2.05) is 0 Å². The molecule has 0 bridgehead atoms. The molecule has 1 amide bonds. The van der Waals surface area contributed by atoms with Crippen LogP contribution in [-0.4, -0.2) is 11.4 Å². The van der Waals surface area contributed by atoms with Gasteiger partial charge in [0.1, 0.15) is 0 Å². The average molecular weight is 180 g/mol. The van der Waals surface area contributed by atoms with Crippen LogP contribution in [0.25, 0.3) is 0 Å². The largest absolute Gasteiger partial charge is 0.368 e. The number of rotatable bonds is 2. The topological polar surface area (TPSA) is 69.1 Å². The Balaban J connectivity index is 1.67. The highest BCUT2D eigenvalue weighted by molar-refractivity contribution is 5.88. The van der Waals surface area contributed by atoms with Gasteiger partial charge in [0.2, 0.25) is 5.91 Å². The van der Waals surface area contributed by atoms with Crippen LogP contribution in [0.15, 0.2) is 0 Å². The SMILES string of the molecule is NC(=O)C1(N)CC1C1CC2CCC21. The van der Waals surface area contributed by atoms with Crippen LogP contribution in [0.5, 0.6) is 0 Å². The molecule has 3 rings (SSSR count). The minimum atomic E-state index is -0.620. The highest BCUT2D eigenvalue weighted by Gasteiger charge is 2.65. The van der Waals surface area contributed by atoms with E-state index in [4.69, 9.17) is 11.5 Å². The van der Waals surface area contributed by atoms with Gasteiger partial charge in [-0.25, -0.2) is 0 Å². The number of nitrogens with two attached hydrogens (primary N) is 2. The van der Waals surface area contributed by atoms with Crippen LogP contribution >= 0.6 is 0 Å². The molecule has 0 aliphatic heterocycles. The molecular weight excluding hydrogens is 164 g/mol. The Kier molecular flexibility index (Phi) is 1.25. The summed E-state index contributed by atoms with van der Waals surface area (Å²) in [7, 11) is 0. The zero-order chi connectivity index (χ0) is 9.22. The number of amides is 1. The van der Waals surface area contributed by atoms with Crippen LogP contribution in [0.2, 0.25) is 0 Å². The van der Waals surface area contributed by atoms with Gasteiger partial charge in [-0.1, -0.05) is 0 Å². The summed E-state index contributed by atoms with van der Waals surface area (Å²) in [5.74, 6) is 2.74. The zero-order valence-electron chi connectivity index (χ0n) is 7.70. The molecule has 3 saturated carbocycles. The van der Waals surface area contributed by atoms with Gasteiger partial charge >= 0.3 is 0 Å². The predicted molar refractivity (Wildman–Crippen MR) is 48.5 cm³/mol. The second kappa shape index (κ2) is 2.08. The molecule has 0 aromatic carbocycles. The number of carbonyl (C=O) groups is 1. The Morgan fingerprint density at radius 3 is 2.38 bits per heavy atom. The van der Waals surface area contributed by atoms with Crippen molar-refractivity contribution in [2.24, 2.45) is 35.1 Å². The van der Waals surface area contributed by atoms with E-state index in [2.05, 4.69) is 0 Å². The maximum Gasteiger partial charge on any atom is 0.237 e. The molecule has 5 atom stereocenters. The molecule has 3 aliphatic rings. The Bertz CT molecular complexity index is 278. The van der Waals surface area contributed by atoms with Gasteiger partial charge in [0.05, 0.1) is 5.54 Å². The molecule has 3 fully saturated rings. The summed E-state index contributed by atoms with van der Waals surface area (Å²) in [6.07, 6.45) is 4.92. The van der Waals surface area contributed by atoms with Crippen LogP contribution < -0.4 is 11.5 Å². The van der Waals surface area contributed by atoms with Crippen molar-refractivity contribution in [3.05, 3.63) is 0 Å². The van der Waals surface area contributed by atoms with Crippen LogP contribution in [0, 0.1) is 23.7 Å². The lowest BCUT2D eigenvalue weighted by Gasteiger charge is -2.54. The van der Waals surface area contributed by atoms with Gasteiger partial charge in [-0.2, -0.15) is 0 Å². The second-order valence-electron chi connectivity index (χ2n) is 5.12. The van der Waals surface area contributed by atoms with Crippen LogP contribution in [-0.2, 0) is 4.79 Å². The molecule has 5 unspecified atom stereocenters. The Hall–Kier alpha value is -0.570. The van der Waals surface area contributed by atoms with E-state index in [0.29, 0.717) is 5.92 Å². The highest BCUT2D eigenvalue weighted by Crippen LogP contribution is 2.63. The summed E-state index contributed by atoms with van der Waals surface area (Å²) < 4.78 is 0. The molecule has 0 aromatic rings. The fourth-order valence-electron chi connectivity index (χ4n) is 3.36. The number of fused-ring (bicyclic) bond motifs is 1. The standard InChI is InChI=1S/C10H16N2O/c11-9(13)10(12)4-8(10)7-3-5-1-2-6(5)7/h5-8H,1-4,12H2,(H2,11,13). The van der Waals surface area contributed by atoms with Crippen molar-refractivity contribution in [3.8, 4) is 0 Å². The maximum atomic E-state index is 11.0. The van der Waals surface area contributed by atoms with Crippen LogP contribution in [0.4, 0.5) is 0 Å². The first kappa shape index (κ1) is 7.80. The van der Waals surface area contributed by atoms with E-state index in [0.717, 1.165) is 24.2 Å². The third-order valence-corrected chi connectivity index (χ3v) is 4.64. The normalized spacial score (nSPS) is 57.3. The monoisotopic (exact) mass is 180 g/mol. The molecule has 3 nitrogen and oxygen atoms in total. The van der Waals surface area contributed by atoms with E-state index in [-0.39, 0.29) is 5.91 Å². The molecule has 4 N–H and O–H groups in total. The second-order valence-corrected chi connectivity index (χ2v) is 5.12. The minimum absolute atomic E-state index is 0.291. The van der Waals surface area contributed by atoms with Gasteiger partial charge in [-0.05, 0) is 49.4 Å². The molecule has 3 aliphatic carbocycles. The third-order valence-electron chi connectivity index (χ3n) is 4.64. The number of hydrogen-bond donors (Lipinski definition) is 2. The van der Waals surface area contributed by atoms with Crippen LogP contribution in [0.1, 0.15) is 25.7 Å². The van der Waals surface area contributed by atoms with Crippen molar-refractivity contribution >= 4 is 5.91 Å². The lowest BCUT2D eigenvalue weighted by molar-refractivity contribution is -0.121. The van der Waals surface area contributed by atoms with Crippen molar-refractivity contribution in [3.63, 3.8) is 0 Å². The lowest BCUT2D eigenvalue weighted by atomic mass is 9.51. The molecule has 3 heteroatoms. The van der Waals surface area contributed by atoms with Crippen molar-refractivity contribution in [2.75, 3.05) is 0 Å². The van der Waals surface area contributed by atoms with Crippen LogP contribution in [0.3, 0.4) is 0 Å². The van der Waals surface area contributed by atoms with Crippen molar-refractivity contribution in [1.29, 1.82) is 0 Å². The summed E-state index contributed by atoms with van der Waals surface area (Å²) in [6.45, 7) is 0. The van der Waals surface area contributed by atoms with E-state index < -0.39 is 5.54 Å². The first-order valence-electron chi connectivity index (χ1n) is 5.21. The summed E-state index contributed by atoms with van der Waals surface area (Å²) in [6, 6.07) is 0. The average Bonchev–Trinajstić information content (AvgIpc) is 2.70. The van der Waals surface area contributed by atoms with E-state index in [9.17, 15) is 4.79 Å². The molecule has 13 heavy (non-hydrogen) atoms. The Morgan fingerprint density at radius 2 is 2.08 bits per heavy atom. The summed E-state index contributed by atoms with van der Waals surface area (Å²) in [5.41, 5.74) is 10.6.